The fraction of sp³-hybridized carbons (Fsp3) is 0.673. The third-order valence-corrected chi connectivity index (χ3v) is 10.4. The highest BCUT2D eigenvalue weighted by molar-refractivity contribution is 6.11. The molecule has 0 radical (unpaired) electrons. The van der Waals surface area contributed by atoms with Crippen LogP contribution in [-0.4, -0.2) is 63.8 Å². The Morgan fingerprint density at radius 1 is 0.474 bits per heavy atom. The number of carbonyl (C=O) groups is 2. The standard InChI is InChI=1S/C49H76O8/c1-6-10-14-18-20-28-46(50)56-40(35-52-32-24-16-12-8-3)37-54-48-42-26-22-23-27-43(42)49(45-34-39(5)30-31-44(45)48)55-38-41(36-53-33-25-17-13-9-4)57-47(51)29-21-19-15-11-7-2/h22-23,26-27,30-31,34,40-41H,6-21,24-25,28-29,32-33,35-38H2,1-5H3. The second-order valence-corrected chi connectivity index (χ2v) is 15.7. The van der Waals surface area contributed by atoms with E-state index in [1.165, 1.54) is 51.4 Å². The summed E-state index contributed by atoms with van der Waals surface area (Å²) in [6.07, 6.45) is 19.3. The van der Waals surface area contributed by atoms with Crippen LogP contribution in [0, 0.1) is 6.92 Å². The summed E-state index contributed by atoms with van der Waals surface area (Å²) in [7, 11) is 0. The first-order chi connectivity index (χ1) is 27.9. The number of aryl methyl sites for hydroxylation is 1. The number of unbranched alkanes of at least 4 members (excludes halogenated alkanes) is 14. The van der Waals surface area contributed by atoms with Crippen molar-refractivity contribution in [1.29, 1.82) is 0 Å². The first-order valence-electron chi connectivity index (χ1n) is 22.7. The Kier molecular flexibility index (Phi) is 25.1. The number of hydrogen-bond acceptors (Lipinski definition) is 8. The fourth-order valence-corrected chi connectivity index (χ4v) is 7.04. The molecule has 0 fully saturated rings. The van der Waals surface area contributed by atoms with Crippen molar-refractivity contribution in [3.63, 3.8) is 0 Å². The van der Waals surface area contributed by atoms with E-state index < -0.39 is 12.2 Å². The zero-order valence-electron chi connectivity index (χ0n) is 36.3. The summed E-state index contributed by atoms with van der Waals surface area (Å²) in [6.45, 7) is 13.0. The summed E-state index contributed by atoms with van der Waals surface area (Å²) in [6, 6.07) is 14.3. The molecule has 0 heterocycles. The van der Waals surface area contributed by atoms with Gasteiger partial charge in [-0.3, -0.25) is 9.59 Å². The number of fused-ring (bicyclic) bond motifs is 2. The van der Waals surface area contributed by atoms with E-state index in [-0.39, 0.29) is 38.4 Å². The third-order valence-electron chi connectivity index (χ3n) is 10.4. The number of esters is 2. The monoisotopic (exact) mass is 793 g/mol. The molecule has 2 atom stereocenters. The van der Waals surface area contributed by atoms with E-state index in [0.29, 0.717) is 37.6 Å². The lowest BCUT2D eigenvalue weighted by Crippen LogP contribution is -2.30. The van der Waals surface area contributed by atoms with Gasteiger partial charge in [0.2, 0.25) is 0 Å². The second kappa shape index (κ2) is 29.8. The number of carbonyl (C=O) groups excluding carboxylic acids is 2. The lowest BCUT2D eigenvalue weighted by atomic mass is 9.99. The van der Waals surface area contributed by atoms with Crippen molar-refractivity contribution in [2.45, 2.75) is 175 Å². The van der Waals surface area contributed by atoms with Crippen LogP contribution in [0.1, 0.15) is 162 Å². The van der Waals surface area contributed by atoms with E-state index in [1.54, 1.807) is 0 Å². The van der Waals surface area contributed by atoms with E-state index in [1.807, 2.05) is 24.3 Å². The highest BCUT2D eigenvalue weighted by atomic mass is 16.6. The van der Waals surface area contributed by atoms with E-state index in [9.17, 15) is 9.59 Å². The Labute approximate surface area is 345 Å². The summed E-state index contributed by atoms with van der Waals surface area (Å²) >= 11 is 0. The molecule has 0 aromatic heterocycles. The molecule has 0 saturated heterocycles. The minimum absolute atomic E-state index is 0.162. The van der Waals surface area contributed by atoms with Crippen molar-refractivity contribution in [3.05, 3.63) is 48.0 Å². The van der Waals surface area contributed by atoms with Crippen LogP contribution in [0.5, 0.6) is 11.5 Å². The average molecular weight is 793 g/mol. The summed E-state index contributed by atoms with van der Waals surface area (Å²) in [4.78, 5) is 26.0. The Morgan fingerprint density at radius 3 is 1.33 bits per heavy atom. The maximum Gasteiger partial charge on any atom is 0.306 e. The van der Waals surface area contributed by atoms with Crippen molar-refractivity contribution >= 4 is 33.5 Å². The highest BCUT2D eigenvalue weighted by Gasteiger charge is 2.22. The van der Waals surface area contributed by atoms with Crippen LogP contribution in [0.25, 0.3) is 21.5 Å². The van der Waals surface area contributed by atoms with Gasteiger partial charge < -0.3 is 28.4 Å². The summed E-state index contributed by atoms with van der Waals surface area (Å²) in [5.41, 5.74) is 1.08. The SMILES string of the molecule is CCCCCCCC(=O)OC(COCCCCCC)COc1c2ccccc2c(OCC(COCCCCCC)OC(=O)CCCCCCC)c2cc(C)ccc12. The normalized spacial score (nSPS) is 12.5. The third kappa shape index (κ3) is 18.8. The van der Waals surface area contributed by atoms with E-state index in [2.05, 4.69) is 52.8 Å². The molecule has 8 heteroatoms. The van der Waals surface area contributed by atoms with Crippen LogP contribution in [0.15, 0.2) is 42.5 Å². The van der Waals surface area contributed by atoms with Gasteiger partial charge in [0.15, 0.2) is 12.2 Å². The van der Waals surface area contributed by atoms with Gasteiger partial charge in [0, 0.05) is 47.6 Å². The maximum absolute atomic E-state index is 13.0. The molecule has 0 aliphatic rings. The quantitative estimate of drug-likeness (QED) is 0.0335. The molecule has 8 nitrogen and oxygen atoms in total. The molecule has 0 aliphatic heterocycles. The molecular formula is C49H76O8. The van der Waals surface area contributed by atoms with Crippen LogP contribution in [-0.2, 0) is 28.5 Å². The van der Waals surface area contributed by atoms with E-state index in [4.69, 9.17) is 28.4 Å². The predicted molar refractivity (Wildman–Crippen MR) is 234 cm³/mol. The molecule has 57 heavy (non-hydrogen) atoms. The summed E-state index contributed by atoms with van der Waals surface area (Å²) in [5, 5.41) is 3.57. The van der Waals surface area contributed by atoms with Crippen LogP contribution in [0.4, 0.5) is 0 Å². The molecule has 0 saturated carbocycles. The largest absolute Gasteiger partial charge is 0.488 e. The van der Waals surface area contributed by atoms with Gasteiger partial charge in [-0.1, -0.05) is 160 Å². The second-order valence-electron chi connectivity index (χ2n) is 15.7. The Morgan fingerprint density at radius 2 is 0.877 bits per heavy atom. The van der Waals surface area contributed by atoms with E-state index in [0.717, 1.165) is 91.3 Å². The maximum atomic E-state index is 13.0. The van der Waals surface area contributed by atoms with Crippen LogP contribution < -0.4 is 9.47 Å². The number of ether oxygens (including phenoxy) is 6. The van der Waals surface area contributed by atoms with Gasteiger partial charge in [0.05, 0.1) is 13.2 Å². The molecule has 0 N–H and O–H groups in total. The molecule has 0 amide bonds. The van der Waals surface area contributed by atoms with Gasteiger partial charge in [-0.05, 0) is 38.7 Å². The van der Waals surface area contributed by atoms with Crippen molar-refractivity contribution in [2.24, 2.45) is 0 Å². The van der Waals surface area contributed by atoms with Gasteiger partial charge in [0.1, 0.15) is 24.7 Å². The zero-order chi connectivity index (χ0) is 40.9. The fourth-order valence-electron chi connectivity index (χ4n) is 7.04. The molecule has 3 rings (SSSR count). The lowest BCUT2D eigenvalue weighted by molar-refractivity contribution is -0.155. The van der Waals surface area contributed by atoms with Crippen molar-refractivity contribution in [2.75, 3.05) is 39.6 Å². The summed E-state index contributed by atoms with van der Waals surface area (Å²) in [5.74, 6) is 1.00. The number of rotatable bonds is 34. The number of benzene rings is 3. The molecule has 0 spiro atoms. The topological polar surface area (TPSA) is 89.5 Å². The average Bonchev–Trinajstić information content (AvgIpc) is 3.21. The van der Waals surface area contributed by atoms with Gasteiger partial charge in [-0.25, -0.2) is 0 Å². The van der Waals surface area contributed by atoms with Gasteiger partial charge in [0.25, 0.3) is 0 Å². The zero-order valence-corrected chi connectivity index (χ0v) is 36.3. The Hall–Kier alpha value is -3.36. The van der Waals surface area contributed by atoms with E-state index >= 15 is 0 Å². The van der Waals surface area contributed by atoms with Gasteiger partial charge in [-0.2, -0.15) is 0 Å². The molecule has 3 aromatic rings. The van der Waals surface area contributed by atoms with Crippen LogP contribution >= 0.6 is 0 Å². The minimum Gasteiger partial charge on any atom is -0.488 e. The number of hydrogen-bond donors (Lipinski definition) is 0. The first kappa shape index (κ1) is 48.0. The predicted octanol–water partition coefficient (Wildman–Crippen LogP) is 12.8. The molecule has 3 aromatic carbocycles. The van der Waals surface area contributed by atoms with Crippen molar-refractivity contribution in [1.82, 2.24) is 0 Å². The van der Waals surface area contributed by atoms with Crippen molar-refractivity contribution < 1.29 is 38.0 Å². The Balaban J connectivity index is 1.83. The summed E-state index contributed by atoms with van der Waals surface area (Å²) < 4.78 is 37.5. The van der Waals surface area contributed by atoms with Crippen LogP contribution in [0.3, 0.4) is 0 Å². The van der Waals surface area contributed by atoms with Gasteiger partial charge in [-0.15, -0.1) is 0 Å². The lowest BCUT2D eigenvalue weighted by Gasteiger charge is -2.23. The van der Waals surface area contributed by atoms with Gasteiger partial charge >= 0.3 is 11.9 Å². The highest BCUT2D eigenvalue weighted by Crippen LogP contribution is 2.43. The van der Waals surface area contributed by atoms with Crippen molar-refractivity contribution in [3.8, 4) is 11.5 Å². The molecule has 0 bridgehead atoms. The molecule has 320 valence electrons. The van der Waals surface area contributed by atoms with Crippen LogP contribution in [0.2, 0.25) is 0 Å². The molecular weight excluding hydrogens is 717 g/mol. The Bertz CT molecular complexity index is 1540. The molecule has 0 aliphatic carbocycles. The minimum atomic E-state index is -0.544. The molecule has 2 unspecified atom stereocenters. The smallest absolute Gasteiger partial charge is 0.306 e. The first-order valence-corrected chi connectivity index (χ1v) is 22.7.